The molecule has 5 nitrogen and oxygen atoms in total. The van der Waals surface area contributed by atoms with E-state index in [-0.39, 0.29) is 5.78 Å². The van der Waals surface area contributed by atoms with Gasteiger partial charge in [-0.2, -0.15) is 0 Å². The number of Topliss-reactive ketones (excluding diaryl/α,β-unsaturated/α-hetero) is 1. The zero-order chi connectivity index (χ0) is 15.4. The Balaban J connectivity index is 1.86. The van der Waals surface area contributed by atoms with Gasteiger partial charge < -0.3 is 9.64 Å². The number of ketones is 1. The molecule has 2 heterocycles. The van der Waals surface area contributed by atoms with E-state index in [1.807, 2.05) is 19.2 Å². The number of aromatic nitrogens is 1. The molecule has 1 aromatic rings. The van der Waals surface area contributed by atoms with Gasteiger partial charge in [0.15, 0.2) is 5.78 Å². The van der Waals surface area contributed by atoms with Crippen LogP contribution in [0.2, 0.25) is 0 Å². The van der Waals surface area contributed by atoms with Gasteiger partial charge in [-0.15, -0.1) is 0 Å². The van der Waals surface area contributed by atoms with Crippen LogP contribution in [0.25, 0.3) is 0 Å². The van der Waals surface area contributed by atoms with Crippen molar-refractivity contribution in [3.05, 3.63) is 23.9 Å². The van der Waals surface area contributed by atoms with Crippen LogP contribution in [0.1, 0.15) is 31.1 Å². The molecule has 21 heavy (non-hydrogen) atoms. The first-order valence-electron chi connectivity index (χ1n) is 7.51. The van der Waals surface area contributed by atoms with E-state index in [1.165, 1.54) is 0 Å². The number of hydrogen-bond donors (Lipinski definition) is 0. The van der Waals surface area contributed by atoms with Crippen LogP contribution in [0, 0.1) is 0 Å². The van der Waals surface area contributed by atoms with E-state index in [4.69, 9.17) is 4.74 Å². The molecule has 1 aliphatic heterocycles. The van der Waals surface area contributed by atoms with E-state index in [2.05, 4.69) is 28.6 Å². The molecule has 5 heteroatoms. The largest absolute Gasteiger partial charge is 0.373 e. The van der Waals surface area contributed by atoms with Crippen molar-refractivity contribution in [1.82, 2.24) is 9.88 Å². The van der Waals surface area contributed by atoms with Gasteiger partial charge in [0.05, 0.1) is 12.2 Å². The first kappa shape index (κ1) is 15.9. The summed E-state index contributed by atoms with van der Waals surface area (Å²) in [6.45, 7) is 9.66. The average Bonchev–Trinajstić information content (AvgIpc) is 2.44. The van der Waals surface area contributed by atoms with Gasteiger partial charge in [-0.3, -0.25) is 9.69 Å². The topological polar surface area (TPSA) is 45.7 Å². The third-order valence-electron chi connectivity index (χ3n) is 3.79. The van der Waals surface area contributed by atoms with Gasteiger partial charge >= 0.3 is 0 Å². The highest BCUT2D eigenvalue weighted by Crippen LogP contribution is 2.13. The molecule has 2 atom stereocenters. The number of carbonyl (C=O) groups is 1. The summed E-state index contributed by atoms with van der Waals surface area (Å²) < 4.78 is 5.74. The summed E-state index contributed by atoms with van der Waals surface area (Å²) in [5.41, 5.74) is 0.656. The Labute approximate surface area is 126 Å². The lowest BCUT2D eigenvalue weighted by Gasteiger charge is -2.36. The minimum Gasteiger partial charge on any atom is -0.373 e. The molecule has 0 spiro atoms. The second kappa shape index (κ2) is 7.00. The maximum Gasteiger partial charge on any atom is 0.161 e. The number of likely N-dealkylation sites (N-methyl/N-ethyl adjacent to an activating group) is 1. The molecule has 0 bridgehead atoms. The summed E-state index contributed by atoms with van der Waals surface area (Å²) >= 11 is 0. The highest BCUT2D eigenvalue weighted by molar-refractivity contribution is 5.93. The fourth-order valence-corrected chi connectivity index (χ4v) is 2.69. The van der Waals surface area contributed by atoms with Crippen LogP contribution >= 0.6 is 0 Å². The summed E-state index contributed by atoms with van der Waals surface area (Å²) in [6, 6.07) is 3.74. The molecular formula is C16H25N3O2. The van der Waals surface area contributed by atoms with Crippen LogP contribution in [-0.2, 0) is 4.74 Å². The van der Waals surface area contributed by atoms with Gasteiger partial charge in [-0.1, -0.05) is 0 Å². The summed E-state index contributed by atoms with van der Waals surface area (Å²) in [4.78, 5) is 20.2. The van der Waals surface area contributed by atoms with Crippen LogP contribution < -0.4 is 4.90 Å². The Hall–Kier alpha value is -1.46. The number of nitrogens with zero attached hydrogens (tertiary/aromatic N) is 3. The summed E-state index contributed by atoms with van der Waals surface area (Å²) in [5.74, 6) is 0.947. The van der Waals surface area contributed by atoms with Crippen molar-refractivity contribution < 1.29 is 9.53 Å². The number of morpholine rings is 1. The van der Waals surface area contributed by atoms with E-state index in [0.29, 0.717) is 17.8 Å². The maximum atomic E-state index is 11.2. The Kier molecular flexibility index (Phi) is 5.31. The fraction of sp³-hybridized carbons (Fsp3) is 0.625. The molecule has 116 valence electrons. The minimum atomic E-state index is 0.0491. The van der Waals surface area contributed by atoms with Gasteiger partial charge in [-0.25, -0.2) is 4.98 Å². The third-order valence-corrected chi connectivity index (χ3v) is 3.79. The molecule has 0 saturated carbocycles. The zero-order valence-electron chi connectivity index (χ0n) is 13.4. The molecule has 1 aliphatic rings. The zero-order valence-corrected chi connectivity index (χ0v) is 13.4. The number of hydrogen-bond acceptors (Lipinski definition) is 5. The standard InChI is InChI=1S/C16H25N3O2/c1-12-10-19(11-13(2)21-12)8-7-18(4)16-6-5-15(9-17-16)14(3)20/h5-6,9,12-13H,7-8,10-11H2,1-4H3/t12-,13+. The van der Waals surface area contributed by atoms with Crippen molar-refractivity contribution in [1.29, 1.82) is 0 Å². The monoisotopic (exact) mass is 291 g/mol. The second-order valence-corrected chi connectivity index (χ2v) is 5.90. The first-order valence-corrected chi connectivity index (χ1v) is 7.51. The predicted octanol–water partition coefficient (Wildman–Crippen LogP) is 1.83. The fourth-order valence-electron chi connectivity index (χ4n) is 2.69. The van der Waals surface area contributed by atoms with E-state index >= 15 is 0 Å². The minimum absolute atomic E-state index is 0.0491. The molecule has 0 amide bonds. The Morgan fingerprint density at radius 1 is 1.38 bits per heavy atom. The van der Waals surface area contributed by atoms with Gasteiger partial charge in [-0.05, 0) is 32.9 Å². The quantitative estimate of drug-likeness (QED) is 0.775. The molecule has 0 aliphatic carbocycles. The lowest BCUT2D eigenvalue weighted by Crippen LogP contribution is -2.47. The Morgan fingerprint density at radius 2 is 2.05 bits per heavy atom. The van der Waals surface area contributed by atoms with E-state index in [9.17, 15) is 4.79 Å². The SMILES string of the molecule is CC(=O)c1ccc(N(C)CCN2C[C@@H](C)O[C@@H](C)C2)nc1. The van der Waals surface area contributed by atoms with Crippen LogP contribution in [0.4, 0.5) is 5.82 Å². The summed E-state index contributed by atoms with van der Waals surface area (Å²) in [7, 11) is 2.03. The average molecular weight is 291 g/mol. The maximum absolute atomic E-state index is 11.2. The first-order chi connectivity index (χ1) is 9.95. The van der Waals surface area contributed by atoms with E-state index in [0.717, 1.165) is 32.0 Å². The van der Waals surface area contributed by atoms with Gasteiger partial charge in [0.1, 0.15) is 5.82 Å². The van der Waals surface area contributed by atoms with Crippen LogP contribution in [-0.4, -0.2) is 61.1 Å². The number of anilines is 1. The van der Waals surface area contributed by atoms with Crippen molar-refractivity contribution in [3.63, 3.8) is 0 Å². The molecule has 0 N–H and O–H groups in total. The van der Waals surface area contributed by atoms with Crippen molar-refractivity contribution in [2.75, 3.05) is 38.1 Å². The van der Waals surface area contributed by atoms with Gasteiger partial charge in [0.25, 0.3) is 0 Å². The Bertz CT molecular complexity index is 465. The number of pyridine rings is 1. The summed E-state index contributed by atoms with van der Waals surface area (Å²) in [5, 5.41) is 0. The summed E-state index contributed by atoms with van der Waals surface area (Å²) in [6.07, 6.45) is 2.24. The third kappa shape index (κ3) is 4.51. The van der Waals surface area contributed by atoms with Crippen LogP contribution in [0.5, 0.6) is 0 Å². The van der Waals surface area contributed by atoms with Crippen LogP contribution in [0.15, 0.2) is 18.3 Å². The van der Waals surface area contributed by atoms with Crippen molar-refractivity contribution >= 4 is 11.6 Å². The number of carbonyl (C=O) groups excluding carboxylic acids is 1. The molecule has 1 aromatic heterocycles. The van der Waals surface area contributed by atoms with Crippen molar-refractivity contribution in [3.8, 4) is 0 Å². The highest BCUT2D eigenvalue weighted by atomic mass is 16.5. The van der Waals surface area contributed by atoms with E-state index < -0.39 is 0 Å². The highest BCUT2D eigenvalue weighted by Gasteiger charge is 2.22. The van der Waals surface area contributed by atoms with Crippen LogP contribution in [0.3, 0.4) is 0 Å². The van der Waals surface area contributed by atoms with Gasteiger partial charge in [0, 0.05) is 45.0 Å². The lowest BCUT2D eigenvalue weighted by atomic mass is 10.2. The van der Waals surface area contributed by atoms with Crippen molar-refractivity contribution in [2.24, 2.45) is 0 Å². The van der Waals surface area contributed by atoms with Gasteiger partial charge in [0.2, 0.25) is 0 Å². The second-order valence-electron chi connectivity index (χ2n) is 5.90. The smallest absolute Gasteiger partial charge is 0.161 e. The normalized spacial score (nSPS) is 23.0. The predicted molar refractivity (Wildman–Crippen MR) is 84.0 cm³/mol. The number of rotatable bonds is 5. The molecule has 1 saturated heterocycles. The molecule has 0 radical (unpaired) electrons. The molecule has 0 aromatic carbocycles. The molecule has 0 unspecified atom stereocenters. The molecule has 1 fully saturated rings. The van der Waals surface area contributed by atoms with E-state index in [1.54, 1.807) is 13.1 Å². The lowest BCUT2D eigenvalue weighted by molar-refractivity contribution is -0.0670. The Morgan fingerprint density at radius 3 is 2.57 bits per heavy atom. The molecular weight excluding hydrogens is 266 g/mol. The molecule has 2 rings (SSSR count). The number of ether oxygens (including phenoxy) is 1. The van der Waals surface area contributed by atoms with Crippen molar-refractivity contribution in [2.45, 2.75) is 33.0 Å².